The molecule has 1 atom stereocenters. The summed E-state index contributed by atoms with van der Waals surface area (Å²) >= 11 is 6.00. The van der Waals surface area contributed by atoms with Gasteiger partial charge in [-0.2, -0.15) is 0 Å². The van der Waals surface area contributed by atoms with Gasteiger partial charge in [-0.25, -0.2) is 9.97 Å². The molecule has 31 heavy (non-hydrogen) atoms. The van der Waals surface area contributed by atoms with Crippen molar-refractivity contribution in [1.82, 2.24) is 15.3 Å². The van der Waals surface area contributed by atoms with Crippen LogP contribution in [0.3, 0.4) is 0 Å². The van der Waals surface area contributed by atoms with Crippen molar-refractivity contribution < 1.29 is 14.9 Å². The summed E-state index contributed by atoms with van der Waals surface area (Å²) in [5.41, 5.74) is 3.36. The molecule has 0 saturated carbocycles. The number of hydrogen-bond acceptors (Lipinski definition) is 7. The minimum Gasteiger partial charge on any atom is -0.395 e. The zero-order valence-corrected chi connectivity index (χ0v) is 18.1. The molecule has 0 radical (unpaired) electrons. The van der Waals surface area contributed by atoms with Crippen molar-refractivity contribution in [3.63, 3.8) is 0 Å². The Labute approximate surface area is 187 Å². The molecule has 0 amide bonds. The van der Waals surface area contributed by atoms with Gasteiger partial charge in [0, 0.05) is 40.6 Å². The third-order valence-electron chi connectivity index (χ3n) is 4.58. The number of aliphatic hydroxyl groups excluding tert-OH is 2. The van der Waals surface area contributed by atoms with Gasteiger partial charge < -0.3 is 25.6 Å². The third-order valence-corrected chi connectivity index (χ3v) is 4.83. The van der Waals surface area contributed by atoms with Crippen molar-refractivity contribution in [2.24, 2.45) is 0 Å². The molecule has 7 nitrogen and oxygen atoms in total. The van der Waals surface area contributed by atoms with E-state index in [9.17, 15) is 5.11 Å². The highest BCUT2D eigenvalue weighted by Crippen LogP contribution is 2.26. The number of halogens is 1. The lowest BCUT2D eigenvalue weighted by Gasteiger charge is -2.17. The van der Waals surface area contributed by atoms with Crippen LogP contribution in [0.25, 0.3) is 11.4 Å². The van der Waals surface area contributed by atoms with Crippen LogP contribution in [0.4, 0.5) is 11.5 Å². The van der Waals surface area contributed by atoms with Crippen LogP contribution in [0.15, 0.2) is 54.6 Å². The normalized spacial score (nSPS) is 12.0. The maximum Gasteiger partial charge on any atom is 0.161 e. The Kier molecular flexibility index (Phi) is 8.75. The topological polar surface area (TPSA) is 99.5 Å². The van der Waals surface area contributed by atoms with Crippen LogP contribution in [0.2, 0.25) is 5.02 Å². The standard InChI is InChI=1S/C23H27ClN4O3/c1-16-21(15-31-14-20(30)13-25-11-12-29)23(27-19-9-7-18(24)8-10-19)28-22(26-16)17-5-3-2-4-6-17/h2-10,20,25,29-30H,11-15H2,1H3,(H,26,27,28). The Morgan fingerprint density at radius 2 is 1.81 bits per heavy atom. The SMILES string of the molecule is Cc1nc(-c2ccccc2)nc(Nc2ccc(Cl)cc2)c1COCC(O)CNCCO. The molecule has 1 heterocycles. The molecule has 0 saturated heterocycles. The maximum absolute atomic E-state index is 10.0. The molecule has 0 spiro atoms. The molecule has 0 aliphatic heterocycles. The summed E-state index contributed by atoms with van der Waals surface area (Å²) in [5, 5.41) is 25.8. The van der Waals surface area contributed by atoms with Gasteiger partial charge in [0.25, 0.3) is 0 Å². The van der Waals surface area contributed by atoms with Crippen molar-refractivity contribution in [2.75, 3.05) is 31.6 Å². The van der Waals surface area contributed by atoms with Crippen LogP contribution in [0, 0.1) is 6.92 Å². The van der Waals surface area contributed by atoms with Crippen LogP contribution in [-0.4, -0.2) is 52.6 Å². The minimum absolute atomic E-state index is 0.0254. The highest BCUT2D eigenvalue weighted by molar-refractivity contribution is 6.30. The van der Waals surface area contributed by atoms with E-state index in [0.717, 1.165) is 22.5 Å². The first-order valence-electron chi connectivity index (χ1n) is 10.1. The number of ether oxygens (including phenoxy) is 1. The molecule has 3 aromatic rings. The summed E-state index contributed by atoms with van der Waals surface area (Å²) < 4.78 is 5.74. The summed E-state index contributed by atoms with van der Waals surface area (Å²) in [6, 6.07) is 17.1. The number of nitrogens with one attached hydrogen (secondary N) is 2. The van der Waals surface area contributed by atoms with Gasteiger partial charge in [-0.15, -0.1) is 0 Å². The monoisotopic (exact) mass is 442 g/mol. The number of aromatic nitrogens is 2. The molecule has 8 heteroatoms. The van der Waals surface area contributed by atoms with Crippen molar-refractivity contribution in [1.29, 1.82) is 0 Å². The van der Waals surface area contributed by atoms with Gasteiger partial charge in [-0.3, -0.25) is 0 Å². The quantitative estimate of drug-likeness (QED) is 0.338. The van der Waals surface area contributed by atoms with Gasteiger partial charge in [0.1, 0.15) is 5.82 Å². The second-order valence-corrected chi connectivity index (χ2v) is 7.49. The lowest BCUT2D eigenvalue weighted by molar-refractivity contribution is 0.0283. The minimum atomic E-state index is -0.677. The molecule has 0 bridgehead atoms. The van der Waals surface area contributed by atoms with E-state index in [1.165, 1.54) is 0 Å². The molecule has 3 rings (SSSR count). The fourth-order valence-corrected chi connectivity index (χ4v) is 3.09. The Hall–Kier alpha value is -2.55. The highest BCUT2D eigenvalue weighted by atomic mass is 35.5. The number of aliphatic hydroxyl groups is 2. The first-order chi connectivity index (χ1) is 15.1. The molecule has 0 fully saturated rings. The number of rotatable bonds is 11. The zero-order chi connectivity index (χ0) is 22.1. The average Bonchev–Trinajstić information content (AvgIpc) is 2.77. The smallest absolute Gasteiger partial charge is 0.161 e. The van der Waals surface area contributed by atoms with Crippen molar-refractivity contribution in [3.8, 4) is 11.4 Å². The fraction of sp³-hybridized carbons (Fsp3) is 0.304. The lowest BCUT2D eigenvalue weighted by atomic mass is 10.1. The molecule has 0 aliphatic rings. The van der Waals surface area contributed by atoms with Crippen LogP contribution in [-0.2, 0) is 11.3 Å². The summed E-state index contributed by atoms with van der Waals surface area (Å²) in [5.74, 6) is 1.26. The Morgan fingerprint density at radius 1 is 1.06 bits per heavy atom. The van der Waals surface area contributed by atoms with E-state index in [0.29, 0.717) is 29.8 Å². The van der Waals surface area contributed by atoms with Crippen molar-refractivity contribution >= 4 is 23.1 Å². The maximum atomic E-state index is 10.0. The van der Waals surface area contributed by atoms with Crippen LogP contribution >= 0.6 is 11.6 Å². The molecule has 164 valence electrons. The van der Waals surface area contributed by atoms with E-state index in [-0.39, 0.29) is 19.8 Å². The zero-order valence-electron chi connectivity index (χ0n) is 17.4. The number of nitrogens with zero attached hydrogens (tertiary/aromatic N) is 2. The van der Waals surface area contributed by atoms with Gasteiger partial charge >= 0.3 is 0 Å². The average molecular weight is 443 g/mol. The summed E-state index contributed by atoms with van der Waals surface area (Å²) in [4.78, 5) is 9.41. The molecular formula is C23H27ClN4O3. The largest absolute Gasteiger partial charge is 0.395 e. The lowest BCUT2D eigenvalue weighted by Crippen LogP contribution is -2.32. The fourth-order valence-electron chi connectivity index (χ4n) is 2.96. The third kappa shape index (κ3) is 6.99. The van der Waals surface area contributed by atoms with Crippen LogP contribution < -0.4 is 10.6 Å². The van der Waals surface area contributed by atoms with Gasteiger partial charge in [0.2, 0.25) is 0 Å². The van der Waals surface area contributed by atoms with E-state index in [2.05, 4.69) is 15.6 Å². The molecular weight excluding hydrogens is 416 g/mol. The Morgan fingerprint density at radius 3 is 2.52 bits per heavy atom. The Balaban J connectivity index is 1.80. The second-order valence-electron chi connectivity index (χ2n) is 7.05. The van der Waals surface area contributed by atoms with E-state index < -0.39 is 6.10 Å². The second kappa shape index (κ2) is 11.7. The van der Waals surface area contributed by atoms with Crippen LogP contribution in [0.5, 0.6) is 0 Å². The number of aryl methyl sites for hydroxylation is 1. The predicted octanol–water partition coefficient (Wildman–Crippen LogP) is 3.31. The van der Waals surface area contributed by atoms with Gasteiger partial charge in [-0.05, 0) is 31.2 Å². The van der Waals surface area contributed by atoms with Crippen molar-refractivity contribution in [2.45, 2.75) is 19.6 Å². The van der Waals surface area contributed by atoms with Gasteiger partial charge in [0.05, 0.1) is 25.9 Å². The highest BCUT2D eigenvalue weighted by Gasteiger charge is 2.15. The Bertz CT molecular complexity index is 955. The molecule has 4 N–H and O–H groups in total. The number of anilines is 2. The van der Waals surface area contributed by atoms with Gasteiger partial charge in [0.15, 0.2) is 5.82 Å². The molecule has 1 unspecified atom stereocenters. The van der Waals surface area contributed by atoms with E-state index in [4.69, 9.17) is 26.4 Å². The molecule has 0 aliphatic carbocycles. The van der Waals surface area contributed by atoms with Crippen LogP contribution in [0.1, 0.15) is 11.3 Å². The molecule has 1 aromatic heterocycles. The number of benzene rings is 2. The predicted molar refractivity (Wildman–Crippen MR) is 123 cm³/mol. The molecule has 2 aromatic carbocycles. The summed E-state index contributed by atoms with van der Waals surface area (Å²) in [6.45, 7) is 3.11. The first kappa shape index (κ1) is 23.1. The van der Waals surface area contributed by atoms with Gasteiger partial charge in [-0.1, -0.05) is 41.9 Å². The summed E-state index contributed by atoms with van der Waals surface area (Å²) in [6.07, 6.45) is -0.677. The van der Waals surface area contributed by atoms with E-state index in [1.807, 2.05) is 61.5 Å². The summed E-state index contributed by atoms with van der Waals surface area (Å²) in [7, 11) is 0. The van der Waals surface area contributed by atoms with Crippen molar-refractivity contribution in [3.05, 3.63) is 70.9 Å². The van der Waals surface area contributed by atoms with E-state index >= 15 is 0 Å². The first-order valence-corrected chi connectivity index (χ1v) is 10.5. The number of hydrogen-bond donors (Lipinski definition) is 4. The van der Waals surface area contributed by atoms with E-state index in [1.54, 1.807) is 0 Å².